The van der Waals surface area contributed by atoms with Crippen LogP contribution in [0.1, 0.15) is 26.4 Å². The van der Waals surface area contributed by atoms with E-state index in [1.165, 1.54) is 29.0 Å². The van der Waals surface area contributed by atoms with Crippen molar-refractivity contribution in [3.63, 3.8) is 0 Å². The number of benzene rings is 2. The lowest BCUT2D eigenvalue weighted by Crippen LogP contribution is -2.25. The molecule has 6 nitrogen and oxygen atoms in total. The molecule has 1 aromatic heterocycles. The Balaban J connectivity index is 1.61. The molecule has 1 heterocycles. The molecule has 0 saturated heterocycles. The molecule has 0 aliphatic carbocycles. The molecule has 3 aromatic rings. The quantitative estimate of drug-likeness (QED) is 0.532. The van der Waals surface area contributed by atoms with Crippen LogP contribution in [0.3, 0.4) is 0 Å². The van der Waals surface area contributed by atoms with Gasteiger partial charge in [-0.1, -0.05) is 36.4 Å². The van der Waals surface area contributed by atoms with Crippen molar-refractivity contribution in [2.24, 2.45) is 0 Å². The molecule has 0 radical (unpaired) electrons. The summed E-state index contributed by atoms with van der Waals surface area (Å²) in [5.74, 6) is -0.317. The van der Waals surface area contributed by atoms with Crippen molar-refractivity contribution in [1.29, 1.82) is 0 Å². The smallest absolute Gasteiger partial charge is 0.251 e. The fourth-order valence-corrected chi connectivity index (χ4v) is 4.67. The highest BCUT2D eigenvalue weighted by Crippen LogP contribution is 2.14. The standard InChI is InChI=1S/C22H25N3O3S2/c1-25(2)16-18-10-8-17(9-11-18)14-23-22(26)19-5-3-7-21(13-19)30(27,28)24-15-20-6-4-12-29-20/h3-13,24H,14-16H2,1-2H3,(H,23,26). The zero-order chi connectivity index (χ0) is 21.6. The van der Waals surface area contributed by atoms with Gasteiger partial charge in [-0.2, -0.15) is 0 Å². The Kier molecular flexibility index (Phi) is 7.38. The van der Waals surface area contributed by atoms with Crippen LogP contribution in [-0.4, -0.2) is 33.3 Å². The largest absolute Gasteiger partial charge is 0.348 e. The summed E-state index contributed by atoms with van der Waals surface area (Å²) in [5, 5.41) is 4.74. The molecule has 8 heteroatoms. The van der Waals surface area contributed by atoms with Crippen LogP contribution in [0.2, 0.25) is 0 Å². The molecular weight excluding hydrogens is 418 g/mol. The fourth-order valence-electron chi connectivity index (χ4n) is 2.88. The van der Waals surface area contributed by atoms with E-state index in [2.05, 4.69) is 14.9 Å². The molecule has 0 aliphatic heterocycles. The zero-order valence-electron chi connectivity index (χ0n) is 17.0. The number of sulfonamides is 1. The minimum Gasteiger partial charge on any atom is -0.348 e. The van der Waals surface area contributed by atoms with E-state index in [0.717, 1.165) is 17.0 Å². The maximum atomic E-state index is 12.5. The van der Waals surface area contributed by atoms with E-state index in [9.17, 15) is 13.2 Å². The predicted octanol–water partition coefficient (Wildman–Crippen LogP) is 3.22. The second kappa shape index (κ2) is 9.99. The van der Waals surface area contributed by atoms with E-state index in [-0.39, 0.29) is 17.3 Å². The number of carbonyl (C=O) groups is 1. The molecule has 2 aromatic carbocycles. The SMILES string of the molecule is CN(C)Cc1ccc(CNC(=O)c2cccc(S(=O)(=O)NCc3cccs3)c2)cc1. The molecule has 30 heavy (non-hydrogen) atoms. The third-order valence-corrected chi connectivity index (χ3v) is 6.67. The Hall–Kier alpha value is -2.52. The van der Waals surface area contributed by atoms with E-state index < -0.39 is 10.0 Å². The van der Waals surface area contributed by atoms with E-state index in [4.69, 9.17) is 0 Å². The number of nitrogens with zero attached hydrogens (tertiary/aromatic N) is 1. The van der Waals surface area contributed by atoms with Gasteiger partial charge in [-0.3, -0.25) is 4.79 Å². The predicted molar refractivity (Wildman–Crippen MR) is 120 cm³/mol. The Bertz CT molecular complexity index is 1080. The van der Waals surface area contributed by atoms with Gasteiger partial charge in [0.25, 0.3) is 5.91 Å². The van der Waals surface area contributed by atoms with Crippen LogP contribution in [-0.2, 0) is 29.7 Å². The van der Waals surface area contributed by atoms with E-state index >= 15 is 0 Å². The number of amides is 1. The minimum atomic E-state index is -3.70. The van der Waals surface area contributed by atoms with Crippen molar-refractivity contribution >= 4 is 27.3 Å². The van der Waals surface area contributed by atoms with Gasteiger partial charge in [0, 0.05) is 30.1 Å². The second-order valence-electron chi connectivity index (χ2n) is 7.17. The molecule has 0 bridgehead atoms. The summed E-state index contributed by atoms with van der Waals surface area (Å²) in [6, 6.07) is 17.8. The van der Waals surface area contributed by atoms with Gasteiger partial charge in [-0.15, -0.1) is 11.3 Å². The monoisotopic (exact) mass is 443 g/mol. The normalized spacial score (nSPS) is 11.6. The first-order chi connectivity index (χ1) is 14.3. The Morgan fingerprint density at radius 3 is 2.37 bits per heavy atom. The van der Waals surface area contributed by atoms with Crippen molar-refractivity contribution in [3.8, 4) is 0 Å². The topological polar surface area (TPSA) is 78.5 Å². The number of nitrogens with one attached hydrogen (secondary N) is 2. The van der Waals surface area contributed by atoms with Crippen LogP contribution in [0, 0.1) is 0 Å². The van der Waals surface area contributed by atoms with Gasteiger partial charge >= 0.3 is 0 Å². The molecule has 0 atom stereocenters. The first kappa shape index (κ1) is 22.2. The van der Waals surface area contributed by atoms with Crippen LogP contribution in [0.4, 0.5) is 0 Å². The van der Waals surface area contributed by atoms with Gasteiger partial charge in [-0.25, -0.2) is 13.1 Å². The van der Waals surface area contributed by atoms with Crippen molar-refractivity contribution < 1.29 is 13.2 Å². The molecule has 1 amide bonds. The summed E-state index contributed by atoms with van der Waals surface area (Å²) in [5.41, 5.74) is 2.48. The Morgan fingerprint density at radius 1 is 0.967 bits per heavy atom. The van der Waals surface area contributed by atoms with Crippen molar-refractivity contribution in [2.75, 3.05) is 14.1 Å². The second-order valence-corrected chi connectivity index (χ2v) is 9.97. The number of hydrogen-bond acceptors (Lipinski definition) is 5. The molecule has 0 aliphatic rings. The third-order valence-electron chi connectivity index (χ3n) is 4.40. The highest BCUT2D eigenvalue weighted by atomic mass is 32.2. The van der Waals surface area contributed by atoms with Gasteiger partial charge in [-0.05, 0) is 54.9 Å². The van der Waals surface area contributed by atoms with Crippen molar-refractivity contribution in [1.82, 2.24) is 14.9 Å². The maximum Gasteiger partial charge on any atom is 0.251 e. The van der Waals surface area contributed by atoms with Crippen LogP contribution >= 0.6 is 11.3 Å². The van der Waals surface area contributed by atoms with Gasteiger partial charge in [0.15, 0.2) is 0 Å². The average Bonchev–Trinajstić information content (AvgIpc) is 3.25. The van der Waals surface area contributed by atoms with Crippen molar-refractivity contribution in [3.05, 3.63) is 87.6 Å². The highest BCUT2D eigenvalue weighted by molar-refractivity contribution is 7.89. The molecule has 0 saturated carbocycles. The van der Waals surface area contributed by atoms with Gasteiger partial charge < -0.3 is 10.2 Å². The number of rotatable bonds is 9. The van der Waals surface area contributed by atoms with Crippen LogP contribution < -0.4 is 10.0 Å². The Morgan fingerprint density at radius 2 is 1.70 bits per heavy atom. The van der Waals surface area contributed by atoms with Crippen LogP contribution in [0.25, 0.3) is 0 Å². The fraction of sp³-hybridized carbons (Fsp3) is 0.227. The molecular formula is C22H25N3O3S2. The average molecular weight is 444 g/mol. The summed E-state index contributed by atoms with van der Waals surface area (Å²) in [6.45, 7) is 1.45. The summed E-state index contributed by atoms with van der Waals surface area (Å²) < 4.78 is 27.7. The lowest BCUT2D eigenvalue weighted by atomic mass is 10.1. The van der Waals surface area contributed by atoms with Gasteiger partial charge in [0.05, 0.1) is 4.90 Å². The number of carbonyl (C=O) groups excluding carboxylic acids is 1. The zero-order valence-corrected chi connectivity index (χ0v) is 18.6. The lowest BCUT2D eigenvalue weighted by molar-refractivity contribution is 0.0950. The van der Waals surface area contributed by atoms with Gasteiger partial charge in [0.2, 0.25) is 10.0 Å². The van der Waals surface area contributed by atoms with Crippen molar-refractivity contribution in [2.45, 2.75) is 24.5 Å². The summed E-state index contributed by atoms with van der Waals surface area (Å²) in [7, 11) is 0.327. The van der Waals surface area contributed by atoms with Crippen LogP contribution in [0.15, 0.2) is 70.9 Å². The summed E-state index contributed by atoms with van der Waals surface area (Å²) >= 11 is 1.48. The van der Waals surface area contributed by atoms with E-state index in [1.807, 2.05) is 55.9 Å². The first-order valence-electron chi connectivity index (χ1n) is 9.46. The summed E-state index contributed by atoms with van der Waals surface area (Å²) in [6.07, 6.45) is 0. The first-order valence-corrected chi connectivity index (χ1v) is 11.8. The lowest BCUT2D eigenvalue weighted by Gasteiger charge is -2.11. The molecule has 2 N–H and O–H groups in total. The van der Waals surface area contributed by atoms with E-state index in [0.29, 0.717) is 12.1 Å². The maximum absolute atomic E-state index is 12.5. The molecule has 0 spiro atoms. The van der Waals surface area contributed by atoms with Crippen LogP contribution in [0.5, 0.6) is 0 Å². The molecule has 3 rings (SSSR count). The minimum absolute atomic E-state index is 0.0692. The van der Waals surface area contributed by atoms with E-state index in [1.54, 1.807) is 12.1 Å². The third kappa shape index (κ3) is 6.24. The number of thiophene rings is 1. The molecule has 0 unspecified atom stereocenters. The molecule has 0 fully saturated rings. The number of hydrogen-bond donors (Lipinski definition) is 2. The van der Waals surface area contributed by atoms with Gasteiger partial charge in [0.1, 0.15) is 0 Å². The summed E-state index contributed by atoms with van der Waals surface area (Å²) in [4.78, 5) is 15.6. The highest BCUT2D eigenvalue weighted by Gasteiger charge is 2.16. The Labute approximate surface area is 181 Å². The molecule has 158 valence electrons.